The van der Waals surface area contributed by atoms with Crippen LogP contribution in [-0.4, -0.2) is 43.0 Å². The molecule has 0 bridgehead atoms. The molecule has 1 atom stereocenters. The number of amides is 2. The fraction of sp³-hybridized carbons (Fsp3) is 0.263. The molecule has 0 aliphatic carbocycles. The van der Waals surface area contributed by atoms with Crippen LogP contribution in [0.15, 0.2) is 42.5 Å². The summed E-state index contributed by atoms with van der Waals surface area (Å²) < 4.78 is 19.1. The number of nitrogens with one attached hydrogen (secondary N) is 2. The molecule has 0 saturated carbocycles. The maximum absolute atomic E-state index is 13.7. The Labute approximate surface area is 171 Å². The summed E-state index contributed by atoms with van der Waals surface area (Å²) in [6.45, 7) is 1.96. The second kappa shape index (κ2) is 9.34. The van der Waals surface area contributed by atoms with E-state index in [1.165, 1.54) is 24.3 Å². The predicted octanol–water partition coefficient (Wildman–Crippen LogP) is 2.97. The summed E-state index contributed by atoms with van der Waals surface area (Å²) in [4.78, 5) is 27.0. The Hall–Kier alpha value is -2.19. The van der Waals surface area contributed by atoms with Gasteiger partial charge in [-0.15, -0.1) is 0 Å². The van der Waals surface area contributed by atoms with Gasteiger partial charge in [0.05, 0.1) is 18.8 Å². The van der Waals surface area contributed by atoms with Crippen molar-refractivity contribution in [2.45, 2.75) is 6.04 Å². The number of benzene rings is 2. The van der Waals surface area contributed by atoms with Gasteiger partial charge in [-0.05, 0) is 29.8 Å². The second-order valence-corrected chi connectivity index (χ2v) is 6.98. The van der Waals surface area contributed by atoms with Crippen molar-refractivity contribution in [3.63, 3.8) is 0 Å². The molecule has 148 valence electrons. The standard InChI is InChI=1S/C19H18Cl2FN3O3/c20-12-5-6-13(15(21)11-12)17(25-7-9-28-10-8-25)19(27)24-23-18(26)14-3-1-2-4-16(14)22/h1-6,11,17H,7-10H2,(H,23,26)(H,24,27)/t17-/m1/s1. The van der Waals surface area contributed by atoms with Gasteiger partial charge in [-0.1, -0.05) is 41.4 Å². The molecule has 2 aromatic carbocycles. The molecule has 2 aromatic rings. The minimum absolute atomic E-state index is 0.171. The Balaban J connectivity index is 1.78. The topological polar surface area (TPSA) is 70.7 Å². The molecule has 6 nitrogen and oxygen atoms in total. The number of rotatable bonds is 4. The zero-order chi connectivity index (χ0) is 20.1. The van der Waals surface area contributed by atoms with E-state index < -0.39 is 23.7 Å². The van der Waals surface area contributed by atoms with Gasteiger partial charge >= 0.3 is 0 Å². The minimum Gasteiger partial charge on any atom is -0.379 e. The number of carbonyl (C=O) groups excluding carboxylic acids is 2. The molecule has 0 spiro atoms. The van der Waals surface area contributed by atoms with Crippen LogP contribution < -0.4 is 10.9 Å². The molecular weight excluding hydrogens is 408 g/mol. The molecule has 2 amide bonds. The highest BCUT2D eigenvalue weighted by molar-refractivity contribution is 6.35. The number of carbonyl (C=O) groups is 2. The SMILES string of the molecule is O=C(NNC(=O)[C@@H](c1ccc(Cl)cc1Cl)N1CCOCC1)c1ccccc1F. The smallest absolute Gasteiger partial charge is 0.272 e. The van der Waals surface area contributed by atoms with Gasteiger partial charge in [0, 0.05) is 23.1 Å². The Kier molecular flexibility index (Phi) is 6.85. The molecule has 1 heterocycles. The van der Waals surface area contributed by atoms with Crippen molar-refractivity contribution in [2.24, 2.45) is 0 Å². The van der Waals surface area contributed by atoms with E-state index in [0.717, 1.165) is 0 Å². The van der Waals surface area contributed by atoms with E-state index in [1.807, 2.05) is 4.90 Å². The molecule has 0 unspecified atom stereocenters. The number of hydrogen-bond donors (Lipinski definition) is 2. The number of hydrazine groups is 1. The van der Waals surface area contributed by atoms with Crippen LogP contribution in [0.25, 0.3) is 0 Å². The van der Waals surface area contributed by atoms with Crippen molar-refractivity contribution in [3.8, 4) is 0 Å². The molecule has 3 rings (SSSR count). The van der Waals surface area contributed by atoms with E-state index >= 15 is 0 Å². The highest BCUT2D eigenvalue weighted by atomic mass is 35.5. The van der Waals surface area contributed by atoms with Crippen LogP contribution in [-0.2, 0) is 9.53 Å². The van der Waals surface area contributed by atoms with Crippen LogP contribution in [0.1, 0.15) is 22.0 Å². The maximum Gasteiger partial charge on any atom is 0.272 e. The molecule has 1 fully saturated rings. The fourth-order valence-corrected chi connectivity index (χ4v) is 3.47. The first-order valence-corrected chi connectivity index (χ1v) is 9.34. The third-order valence-electron chi connectivity index (χ3n) is 4.33. The van der Waals surface area contributed by atoms with Crippen LogP contribution in [0.2, 0.25) is 10.0 Å². The van der Waals surface area contributed by atoms with Gasteiger partial charge in [0.1, 0.15) is 11.9 Å². The average molecular weight is 426 g/mol. The zero-order valence-corrected chi connectivity index (χ0v) is 16.3. The largest absolute Gasteiger partial charge is 0.379 e. The number of nitrogens with zero attached hydrogens (tertiary/aromatic N) is 1. The molecule has 1 aliphatic rings. The van der Waals surface area contributed by atoms with Crippen molar-refractivity contribution >= 4 is 35.0 Å². The van der Waals surface area contributed by atoms with Gasteiger partial charge in [0.15, 0.2) is 0 Å². The summed E-state index contributed by atoms with van der Waals surface area (Å²) in [5.41, 5.74) is 5.00. The average Bonchev–Trinajstić information content (AvgIpc) is 2.69. The van der Waals surface area contributed by atoms with Crippen molar-refractivity contribution in [1.29, 1.82) is 0 Å². The first-order valence-electron chi connectivity index (χ1n) is 8.59. The van der Waals surface area contributed by atoms with Crippen molar-refractivity contribution in [2.75, 3.05) is 26.3 Å². The molecule has 9 heteroatoms. The molecule has 2 N–H and O–H groups in total. The van der Waals surface area contributed by atoms with E-state index in [9.17, 15) is 14.0 Å². The van der Waals surface area contributed by atoms with Crippen molar-refractivity contribution in [1.82, 2.24) is 15.8 Å². The molecular formula is C19H18Cl2FN3O3. The lowest BCUT2D eigenvalue weighted by atomic mass is 10.0. The van der Waals surface area contributed by atoms with Crippen LogP contribution in [0.3, 0.4) is 0 Å². The Bertz CT molecular complexity index is 875. The van der Waals surface area contributed by atoms with Gasteiger partial charge in [-0.25, -0.2) is 4.39 Å². The second-order valence-electron chi connectivity index (χ2n) is 6.14. The maximum atomic E-state index is 13.7. The van der Waals surface area contributed by atoms with E-state index in [2.05, 4.69) is 10.9 Å². The first kappa shape index (κ1) is 20.5. The third-order valence-corrected chi connectivity index (χ3v) is 4.90. The molecule has 1 saturated heterocycles. The first-order chi connectivity index (χ1) is 13.5. The molecule has 1 aliphatic heterocycles. The number of ether oxygens (including phenoxy) is 1. The summed E-state index contributed by atoms with van der Waals surface area (Å²) in [6.07, 6.45) is 0. The Morgan fingerprint density at radius 1 is 1.07 bits per heavy atom. The van der Waals surface area contributed by atoms with Gasteiger partial charge in [0.25, 0.3) is 11.8 Å². The molecule has 0 radical (unpaired) electrons. The normalized spacial score (nSPS) is 15.7. The van der Waals surface area contributed by atoms with Crippen LogP contribution in [0, 0.1) is 5.82 Å². The Morgan fingerprint density at radius 3 is 2.46 bits per heavy atom. The third kappa shape index (κ3) is 4.80. The van der Waals surface area contributed by atoms with Crippen LogP contribution in [0.5, 0.6) is 0 Å². The van der Waals surface area contributed by atoms with Gasteiger partial charge in [-0.2, -0.15) is 0 Å². The van der Waals surface area contributed by atoms with Gasteiger partial charge < -0.3 is 4.74 Å². The fourth-order valence-electron chi connectivity index (χ4n) is 2.96. The highest BCUT2D eigenvalue weighted by Gasteiger charge is 2.31. The quantitative estimate of drug-likeness (QED) is 0.738. The van der Waals surface area contributed by atoms with Crippen LogP contribution in [0.4, 0.5) is 4.39 Å². The Morgan fingerprint density at radius 2 is 1.79 bits per heavy atom. The monoisotopic (exact) mass is 425 g/mol. The minimum atomic E-state index is -0.769. The van der Waals surface area contributed by atoms with E-state index in [-0.39, 0.29) is 5.56 Å². The lowest BCUT2D eigenvalue weighted by molar-refractivity contribution is -0.129. The van der Waals surface area contributed by atoms with E-state index in [0.29, 0.717) is 41.9 Å². The van der Waals surface area contributed by atoms with Crippen molar-refractivity contribution in [3.05, 3.63) is 69.5 Å². The lowest BCUT2D eigenvalue weighted by Crippen LogP contribution is -2.50. The zero-order valence-electron chi connectivity index (χ0n) is 14.8. The molecule has 0 aromatic heterocycles. The summed E-state index contributed by atoms with van der Waals surface area (Å²) in [5.74, 6) is -1.94. The predicted molar refractivity (Wildman–Crippen MR) is 104 cm³/mol. The van der Waals surface area contributed by atoms with E-state index in [4.69, 9.17) is 27.9 Å². The summed E-state index contributed by atoms with van der Waals surface area (Å²) in [5, 5.41) is 0.780. The summed E-state index contributed by atoms with van der Waals surface area (Å²) in [7, 11) is 0. The molecule has 28 heavy (non-hydrogen) atoms. The van der Waals surface area contributed by atoms with Crippen LogP contribution >= 0.6 is 23.2 Å². The summed E-state index contributed by atoms with van der Waals surface area (Å²) >= 11 is 12.3. The van der Waals surface area contributed by atoms with Gasteiger partial charge in [0.2, 0.25) is 0 Å². The van der Waals surface area contributed by atoms with E-state index in [1.54, 1.807) is 18.2 Å². The number of halogens is 3. The lowest BCUT2D eigenvalue weighted by Gasteiger charge is -2.34. The number of hydrogen-bond acceptors (Lipinski definition) is 4. The van der Waals surface area contributed by atoms with Crippen molar-refractivity contribution < 1.29 is 18.7 Å². The highest BCUT2D eigenvalue weighted by Crippen LogP contribution is 2.30. The van der Waals surface area contributed by atoms with Gasteiger partial charge in [-0.3, -0.25) is 25.3 Å². The number of morpholine rings is 1. The summed E-state index contributed by atoms with van der Waals surface area (Å²) in [6, 6.07) is 9.59.